The number of aliphatic hydroxyl groups is 1. The molecule has 1 aliphatic rings. The van der Waals surface area contributed by atoms with Crippen LogP contribution in [0.3, 0.4) is 0 Å². The molecule has 0 radical (unpaired) electrons. The Morgan fingerprint density at radius 1 is 1.40 bits per heavy atom. The molecule has 0 aliphatic heterocycles. The van der Waals surface area contributed by atoms with Crippen molar-refractivity contribution in [3.8, 4) is 0 Å². The molecule has 2 rings (SSSR count). The zero-order chi connectivity index (χ0) is 11.3. The second-order valence-corrected chi connectivity index (χ2v) is 4.61. The fourth-order valence-electron chi connectivity index (χ4n) is 1.81. The number of halogens is 3. The molecular weight excluding hydrogens is 222 g/mol. The second kappa shape index (κ2) is 3.16. The van der Waals surface area contributed by atoms with Crippen LogP contribution in [-0.4, -0.2) is 11.0 Å². The Bertz CT molecular complexity index is 373. The molecule has 2 atom stereocenters. The monoisotopic (exact) mass is 232 g/mol. The van der Waals surface area contributed by atoms with Crippen LogP contribution < -0.4 is 0 Å². The van der Waals surface area contributed by atoms with Gasteiger partial charge >= 0.3 is 0 Å². The lowest BCUT2D eigenvalue weighted by Crippen LogP contribution is -2.27. The molecule has 1 nitrogen and oxygen atoms in total. The molecule has 0 spiro atoms. The number of benzene rings is 1. The predicted molar refractivity (Wildman–Crippen MR) is 54.1 cm³/mol. The van der Waals surface area contributed by atoms with Crippen molar-refractivity contribution in [3.63, 3.8) is 0 Å². The van der Waals surface area contributed by atoms with E-state index in [0.717, 1.165) is 0 Å². The standard InChI is InChI=1S/C11H11ClF2O/c1-10(15,9-6-11(9,13)14)7-2-4-8(12)5-3-7/h2-5,9,15H,6H2,1H3. The molecule has 1 aliphatic carbocycles. The van der Waals surface area contributed by atoms with Crippen LogP contribution in [0, 0.1) is 5.92 Å². The van der Waals surface area contributed by atoms with Crippen molar-refractivity contribution >= 4 is 11.6 Å². The molecule has 82 valence electrons. The summed E-state index contributed by atoms with van der Waals surface area (Å²) in [6, 6.07) is 6.34. The molecule has 1 aromatic carbocycles. The van der Waals surface area contributed by atoms with E-state index in [0.29, 0.717) is 10.6 Å². The maximum atomic E-state index is 12.9. The minimum atomic E-state index is -2.73. The molecule has 15 heavy (non-hydrogen) atoms. The van der Waals surface area contributed by atoms with Gasteiger partial charge < -0.3 is 5.11 Å². The highest BCUT2D eigenvalue weighted by Gasteiger charge is 2.65. The van der Waals surface area contributed by atoms with Gasteiger partial charge in [0.15, 0.2) is 0 Å². The summed E-state index contributed by atoms with van der Waals surface area (Å²) in [6.07, 6.45) is -0.247. The molecule has 4 heteroatoms. The third kappa shape index (κ3) is 1.86. The Labute approximate surface area is 91.7 Å². The lowest BCUT2D eigenvalue weighted by Gasteiger charge is -2.23. The second-order valence-electron chi connectivity index (χ2n) is 4.17. The van der Waals surface area contributed by atoms with Crippen LogP contribution in [-0.2, 0) is 5.60 Å². The average Bonchev–Trinajstić information content (AvgIpc) is 2.77. The van der Waals surface area contributed by atoms with Crippen LogP contribution in [0.4, 0.5) is 8.78 Å². The van der Waals surface area contributed by atoms with Crippen LogP contribution in [0.2, 0.25) is 5.02 Å². The first-order chi connectivity index (χ1) is 6.84. The first kappa shape index (κ1) is 10.8. The van der Waals surface area contributed by atoms with Gasteiger partial charge in [0, 0.05) is 11.4 Å². The van der Waals surface area contributed by atoms with Crippen molar-refractivity contribution in [3.05, 3.63) is 34.9 Å². The Morgan fingerprint density at radius 2 is 1.87 bits per heavy atom. The summed E-state index contributed by atoms with van der Waals surface area (Å²) in [7, 11) is 0. The Hall–Kier alpha value is -0.670. The first-order valence-corrected chi connectivity index (χ1v) is 5.08. The van der Waals surface area contributed by atoms with Gasteiger partial charge in [0.05, 0.1) is 11.5 Å². The fraction of sp³-hybridized carbons (Fsp3) is 0.455. The molecule has 0 bridgehead atoms. The minimum Gasteiger partial charge on any atom is -0.385 e. The third-order valence-corrected chi connectivity index (χ3v) is 3.19. The van der Waals surface area contributed by atoms with Gasteiger partial charge in [0.1, 0.15) is 0 Å². The minimum absolute atomic E-state index is 0.247. The van der Waals surface area contributed by atoms with Crippen LogP contribution in [0.15, 0.2) is 24.3 Å². The molecule has 1 N–H and O–H groups in total. The van der Waals surface area contributed by atoms with Gasteiger partial charge in [-0.25, -0.2) is 8.78 Å². The maximum Gasteiger partial charge on any atom is 0.254 e. The van der Waals surface area contributed by atoms with Crippen molar-refractivity contribution in [2.24, 2.45) is 5.92 Å². The Kier molecular flexibility index (Phi) is 2.28. The first-order valence-electron chi connectivity index (χ1n) is 4.70. The highest BCUT2D eigenvalue weighted by atomic mass is 35.5. The molecule has 1 fully saturated rings. The molecule has 2 unspecified atom stereocenters. The Morgan fingerprint density at radius 3 is 2.27 bits per heavy atom. The van der Waals surface area contributed by atoms with Crippen molar-refractivity contribution in [2.45, 2.75) is 24.9 Å². The van der Waals surface area contributed by atoms with Crippen LogP contribution in [0.1, 0.15) is 18.9 Å². The van der Waals surface area contributed by atoms with E-state index >= 15 is 0 Å². The van der Waals surface area contributed by atoms with E-state index in [-0.39, 0.29) is 6.42 Å². The highest BCUT2D eigenvalue weighted by molar-refractivity contribution is 6.30. The van der Waals surface area contributed by atoms with E-state index in [2.05, 4.69) is 0 Å². The molecule has 0 aromatic heterocycles. The molecular formula is C11H11ClF2O. The topological polar surface area (TPSA) is 20.2 Å². The smallest absolute Gasteiger partial charge is 0.254 e. The van der Waals surface area contributed by atoms with E-state index in [4.69, 9.17) is 11.6 Å². The van der Waals surface area contributed by atoms with Gasteiger partial charge in [-0.05, 0) is 24.6 Å². The molecule has 1 aromatic rings. The zero-order valence-corrected chi connectivity index (χ0v) is 8.93. The normalized spacial score (nSPS) is 27.1. The summed E-state index contributed by atoms with van der Waals surface area (Å²) in [5.74, 6) is -3.71. The largest absolute Gasteiger partial charge is 0.385 e. The summed E-state index contributed by atoms with van der Waals surface area (Å²) in [5.41, 5.74) is -0.997. The van der Waals surface area contributed by atoms with E-state index in [1.54, 1.807) is 24.3 Å². The number of alkyl halides is 2. The number of hydrogen-bond acceptors (Lipinski definition) is 1. The van der Waals surface area contributed by atoms with Crippen molar-refractivity contribution in [1.82, 2.24) is 0 Å². The third-order valence-electron chi connectivity index (χ3n) is 2.93. The number of hydrogen-bond donors (Lipinski definition) is 1. The van der Waals surface area contributed by atoms with Crippen LogP contribution in [0.5, 0.6) is 0 Å². The van der Waals surface area contributed by atoms with Crippen molar-refractivity contribution in [1.29, 1.82) is 0 Å². The fourth-order valence-corrected chi connectivity index (χ4v) is 1.94. The van der Waals surface area contributed by atoms with E-state index < -0.39 is 17.4 Å². The van der Waals surface area contributed by atoms with Crippen molar-refractivity contribution < 1.29 is 13.9 Å². The van der Waals surface area contributed by atoms with Gasteiger partial charge in [0.25, 0.3) is 5.92 Å². The van der Waals surface area contributed by atoms with Gasteiger partial charge in [-0.2, -0.15) is 0 Å². The summed E-state index contributed by atoms with van der Waals surface area (Å²) in [5, 5.41) is 10.6. The lowest BCUT2D eigenvalue weighted by atomic mass is 9.91. The highest BCUT2D eigenvalue weighted by Crippen LogP contribution is 2.57. The van der Waals surface area contributed by atoms with E-state index in [9.17, 15) is 13.9 Å². The summed E-state index contributed by atoms with van der Waals surface area (Å²) < 4.78 is 25.7. The average molecular weight is 233 g/mol. The quantitative estimate of drug-likeness (QED) is 0.830. The Balaban J connectivity index is 2.26. The van der Waals surface area contributed by atoms with Gasteiger partial charge in [-0.15, -0.1) is 0 Å². The summed E-state index contributed by atoms with van der Waals surface area (Å²) in [6.45, 7) is 1.42. The maximum absolute atomic E-state index is 12.9. The zero-order valence-electron chi connectivity index (χ0n) is 8.17. The molecule has 0 heterocycles. The predicted octanol–water partition coefficient (Wildman–Crippen LogP) is 3.20. The molecule has 0 saturated heterocycles. The van der Waals surface area contributed by atoms with Crippen molar-refractivity contribution in [2.75, 3.05) is 0 Å². The van der Waals surface area contributed by atoms with Crippen LogP contribution >= 0.6 is 11.6 Å². The molecule has 0 amide bonds. The van der Waals surface area contributed by atoms with E-state index in [1.165, 1.54) is 6.92 Å². The van der Waals surface area contributed by atoms with Gasteiger partial charge in [-0.3, -0.25) is 0 Å². The lowest BCUT2D eigenvalue weighted by molar-refractivity contribution is -0.0198. The molecule has 1 saturated carbocycles. The van der Waals surface area contributed by atoms with Crippen LogP contribution in [0.25, 0.3) is 0 Å². The summed E-state index contributed by atoms with van der Waals surface area (Å²) >= 11 is 5.68. The number of rotatable bonds is 2. The van der Waals surface area contributed by atoms with E-state index in [1.807, 2.05) is 0 Å². The van der Waals surface area contributed by atoms with Gasteiger partial charge in [0.2, 0.25) is 0 Å². The SMILES string of the molecule is CC(O)(c1ccc(Cl)cc1)C1CC1(F)F. The van der Waals surface area contributed by atoms with Gasteiger partial charge in [-0.1, -0.05) is 23.7 Å². The summed E-state index contributed by atoms with van der Waals surface area (Å²) in [4.78, 5) is 0.